The topological polar surface area (TPSA) is 6.48 Å². The largest absolute Gasteiger partial charge is 0.359 e. The van der Waals surface area contributed by atoms with Crippen molar-refractivity contribution in [3.63, 3.8) is 0 Å². The van der Waals surface area contributed by atoms with Crippen LogP contribution in [0.1, 0.15) is 12.0 Å². The minimum atomic E-state index is 0. The average molecular weight is 362 g/mol. The Kier molecular flexibility index (Phi) is 6.66. The molecule has 17 heavy (non-hydrogen) atoms. The molecule has 94 valence electrons. The Morgan fingerprint density at radius 3 is 2.47 bits per heavy atom. The Balaban J connectivity index is 0.00000144. The number of alkyl halides is 1. The summed E-state index contributed by atoms with van der Waals surface area (Å²) >= 11 is 3.46. The number of hydrogen-bond acceptors (Lipinski definition) is 2. The first-order valence-electron chi connectivity index (χ1n) is 5.65. The van der Waals surface area contributed by atoms with Gasteiger partial charge in [0.1, 0.15) is 0 Å². The summed E-state index contributed by atoms with van der Waals surface area (Å²) in [5.74, 6) is 0. The van der Waals surface area contributed by atoms with Gasteiger partial charge in [0.25, 0.3) is 0 Å². The van der Waals surface area contributed by atoms with Gasteiger partial charge in [-0.2, -0.15) is 0 Å². The highest BCUT2D eigenvalue weighted by Gasteiger charge is 2.11. The van der Waals surface area contributed by atoms with E-state index in [1.807, 2.05) is 0 Å². The van der Waals surface area contributed by atoms with Gasteiger partial charge in [0.05, 0.1) is 6.67 Å². The monoisotopic (exact) mass is 360 g/mol. The minimum Gasteiger partial charge on any atom is -0.359 e. The number of benzene rings is 1. The Morgan fingerprint density at radius 1 is 1.06 bits per heavy atom. The van der Waals surface area contributed by atoms with Crippen molar-refractivity contribution >= 4 is 32.9 Å². The van der Waals surface area contributed by atoms with Crippen LogP contribution >= 0.6 is 32.9 Å². The molecule has 0 radical (unpaired) electrons. The highest BCUT2D eigenvalue weighted by molar-refractivity contribution is 9.09. The number of nitrogens with zero attached hydrogens (tertiary/aromatic N) is 2. The van der Waals surface area contributed by atoms with Crippen molar-refractivity contribution in [3.05, 3.63) is 48.3 Å². The normalized spacial score (nSPS) is 13.9. The summed E-state index contributed by atoms with van der Waals surface area (Å²) in [7, 11) is 0. The Hall–Kier alpha value is -0.480. The lowest BCUT2D eigenvalue weighted by Crippen LogP contribution is -2.25. The molecule has 0 N–H and O–H groups in total. The second kappa shape index (κ2) is 7.77. The molecule has 0 amide bonds. The van der Waals surface area contributed by atoms with Gasteiger partial charge in [0.2, 0.25) is 0 Å². The molecule has 0 unspecified atom stereocenters. The van der Waals surface area contributed by atoms with E-state index in [0.29, 0.717) is 0 Å². The maximum Gasteiger partial charge on any atom is 0.0897 e. The first-order valence-corrected chi connectivity index (χ1v) is 6.77. The van der Waals surface area contributed by atoms with Crippen LogP contribution in [0.3, 0.4) is 0 Å². The maximum atomic E-state index is 3.46. The summed E-state index contributed by atoms with van der Waals surface area (Å²) in [6.45, 7) is 3.15. The fraction of sp³-hybridized carbons (Fsp3) is 0.385. The van der Waals surface area contributed by atoms with E-state index in [0.717, 1.165) is 25.1 Å². The van der Waals surface area contributed by atoms with Crippen LogP contribution < -0.4 is 0 Å². The van der Waals surface area contributed by atoms with E-state index in [9.17, 15) is 0 Å². The summed E-state index contributed by atoms with van der Waals surface area (Å²) in [5, 5.41) is 1.08. The lowest BCUT2D eigenvalue weighted by molar-refractivity contribution is 0.261. The second-order valence-corrected chi connectivity index (χ2v) is 4.82. The van der Waals surface area contributed by atoms with E-state index in [1.54, 1.807) is 0 Å². The number of hydrogen-bond donors (Lipinski definition) is 0. The van der Waals surface area contributed by atoms with Crippen molar-refractivity contribution < 1.29 is 0 Å². The van der Waals surface area contributed by atoms with E-state index in [1.165, 1.54) is 12.0 Å². The maximum absolute atomic E-state index is 3.46. The number of rotatable bonds is 5. The molecule has 0 spiro atoms. The summed E-state index contributed by atoms with van der Waals surface area (Å²) in [5.41, 5.74) is 1.37. The SMILES string of the molecule is Br.BrCCCN1C=CN(Cc2ccccc2)C1. The van der Waals surface area contributed by atoms with E-state index in [4.69, 9.17) is 0 Å². The Bertz CT molecular complexity index is 341. The van der Waals surface area contributed by atoms with Gasteiger partial charge in [0.15, 0.2) is 0 Å². The van der Waals surface area contributed by atoms with Gasteiger partial charge in [0, 0.05) is 30.8 Å². The van der Waals surface area contributed by atoms with E-state index in [2.05, 4.69) is 68.5 Å². The van der Waals surface area contributed by atoms with Crippen molar-refractivity contribution in [1.29, 1.82) is 0 Å². The molecule has 0 aliphatic carbocycles. The first kappa shape index (κ1) is 14.6. The molecule has 1 aliphatic rings. The first-order chi connectivity index (χ1) is 7.88. The van der Waals surface area contributed by atoms with Crippen LogP contribution in [0.2, 0.25) is 0 Å². The molecule has 1 aliphatic heterocycles. The molecule has 2 nitrogen and oxygen atoms in total. The second-order valence-electron chi connectivity index (χ2n) is 4.03. The molecule has 0 saturated carbocycles. The molecule has 0 atom stereocenters. The molecular formula is C13H18Br2N2. The predicted molar refractivity (Wildman–Crippen MR) is 81.4 cm³/mol. The molecular weight excluding hydrogens is 344 g/mol. The summed E-state index contributed by atoms with van der Waals surface area (Å²) in [4.78, 5) is 4.69. The van der Waals surface area contributed by atoms with Crippen LogP contribution in [0.15, 0.2) is 42.7 Å². The molecule has 0 bridgehead atoms. The van der Waals surface area contributed by atoms with Crippen LogP contribution in [-0.2, 0) is 6.54 Å². The van der Waals surface area contributed by atoms with Crippen molar-refractivity contribution in [1.82, 2.24) is 9.80 Å². The van der Waals surface area contributed by atoms with Gasteiger partial charge in [-0.25, -0.2) is 0 Å². The Morgan fingerprint density at radius 2 is 1.76 bits per heavy atom. The predicted octanol–water partition coefficient (Wildman–Crippen LogP) is 3.60. The summed E-state index contributed by atoms with van der Waals surface area (Å²) in [6, 6.07) is 10.6. The average Bonchev–Trinajstić information content (AvgIpc) is 2.75. The van der Waals surface area contributed by atoms with Gasteiger partial charge < -0.3 is 9.80 Å². The van der Waals surface area contributed by atoms with Crippen molar-refractivity contribution in [2.45, 2.75) is 13.0 Å². The molecule has 0 saturated heterocycles. The van der Waals surface area contributed by atoms with Gasteiger partial charge in [-0.1, -0.05) is 46.3 Å². The van der Waals surface area contributed by atoms with E-state index < -0.39 is 0 Å². The zero-order valence-electron chi connectivity index (χ0n) is 9.76. The molecule has 0 aromatic heterocycles. The zero-order valence-corrected chi connectivity index (χ0v) is 13.1. The van der Waals surface area contributed by atoms with Crippen LogP contribution in [0, 0.1) is 0 Å². The molecule has 0 fully saturated rings. The van der Waals surface area contributed by atoms with Gasteiger partial charge in [-0.15, -0.1) is 17.0 Å². The third-order valence-corrected chi connectivity index (χ3v) is 3.22. The molecule has 1 aromatic rings. The fourth-order valence-electron chi connectivity index (χ4n) is 1.84. The third-order valence-electron chi connectivity index (χ3n) is 2.66. The summed E-state index contributed by atoms with van der Waals surface area (Å²) in [6.07, 6.45) is 5.57. The highest BCUT2D eigenvalue weighted by atomic mass is 79.9. The van der Waals surface area contributed by atoms with E-state index >= 15 is 0 Å². The smallest absolute Gasteiger partial charge is 0.0897 e. The van der Waals surface area contributed by atoms with Crippen LogP contribution in [0.5, 0.6) is 0 Å². The number of halogens is 2. The molecule has 1 aromatic carbocycles. The van der Waals surface area contributed by atoms with Crippen molar-refractivity contribution in [3.8, 4) is 0 Å². The van der Waals surface area contributed by atoms with Crippen LogP contribution in [0.4, 0.5) is 0 Å². The third kappa shape index (κ3) is 4.72. The fourth-order valence-corrected chi connectivity index (χ4v) is 2.10. The van der Waals surface area contributed by atoms with E-state index in [-0.39, 0.29) is 17.0 Å². The quantitative estimate of drug-likeness (QED) is 0.739. The standard InChI is InChI=1S/C13H17BrN2.BrH/c14-7-4-8-15-9-10-16(12-15)11-13-5-2-1-3-6-13;/h1-3,5-6,9-10H,4,7-8,11-12H2;1H. The lowest BCUT2D eigenvalue weighted by Gasteiger charge is -2.21. The Labute approximate surface area is 122 Å². The lowest BCUT2D eigenvalue weighted by atomic mass is 10.2. The highest BCUT2D eigenvalue weighted by Crippen LogP contribution is 2.12. The van der Waals surface area contributed by atoms with Gasteiger partial charge in [-0.05, 0) is 12.0 Å². The summed E-state index contributed by atoms with van der Waals surface area (Å²) < 4.78 is 0. The van der Waals surface area contributed by atoms with Crippen LogP contribution in [-0.4, -0.2) is 28.3 Å². The zero-order chi connectivity index (χ0) is 11.2. The van der Waals surface area contributed by atoms with Crippen molar-refractivity contribution in [2.75, 3.05) is 18.5 Å². The minimum absolute atomic E-state index is 0. The molecule has 1 heterocycles. The molecule has 2 rings (SSSR count). The molecule has 4 heteroatoms. The van der Waals surface area contributed by atoms with Crippen LogP contribution in [0.25, 0.3) is 0 Å². The van der Waals surface area contributed by atoms with Gasteiger partial charge in [-0.3, -0.25) is 0 Å². The van der Waals surface area contributed by atoms with Gasteiger partial charge >= 0.3 is 0 Å². The van der Waals surface area contributed by atoms with Crippen molar-refractivity contribution in [2.24, 2.45) is 0 Å².